The fourth-order valence-electron chi connectivity index (χ4n) is 3.83. The van der Waals surface area contributed by atoms with Crippen LogP contribution in [0, 0.1) is 13.8 Å². The molecule has 0 aromatic heterocycles. The monoisotopic (exact) mass is 303 g/mol. The number of hydrogen-bond donors (Lipinski definition) is 0. The lowest BCUT2D eigenvalue weighted by Crippen LogP contribution is -2.57. The van der Waals surface area contributed by atoms with Crippen molar-refractivity contribution in [3.05, 3.63) is 34.9 Å². The third kappa shape index (κ3) is 2.77. The summed E-state index contributed by atoms with van der Waals surface area (Å²) in [6, 6.07) is 6.16. The van der Waals surface area contributed by atoms with Crippen LogP contribution in [0.4, 0.5) is 0 Å². The lowest BCUT2D eigenvalue weighted by Gasteiger charge is -2.45. The van der Waals surface area contributed by atoms with Gasteiger partial charge in [-0.15, -0.1) is 0 Å². The van der Waals surface area contributed by atoms with Crippen LogP contribution in [-0.4, -0.2) is 49.3 Å². The van der Waals surface area contributed by atoms with E-state index >= 15 is 0 Å². The van der Waals surface area contributed by atoms with E-state index in [4.69, 9.17) is 9.47 Å². The van der Waals surface area contributed by atoms with Gasteiger partial charge >= 0.3 is 0 Å². The number of fused-ring (bicyclic) bond motifs is 1. The molecule has 1 saturated carbocycles. The molecule has 0 spiro atoms. The second kappa shape index (κ2) is 6.39. The topological polar surface area (TPSA) is 38.8 Å². The summed E-state index contributed by atoms with van der Waals surface area (Å²) in [7, 11) is 1.76. The van der Waals surface area contributed by atoms with Gasteiger partial charge in [0.15, 0.2) is 0 Å². The number of benzene rings is 1. The summed E-state index contributed by atoms with van der Waals surface area (Å²) >= 11 is 0. The molecule has 1 amide bonds. The zero-order valence-electron chi connectivity index (χ0n) is 13.7. The molecule has 4 nitrogen and oxygen atoms in total. The summed E-state index contributed by atoms with van der Waals surface area (Å²) in [4.78, 5) is 15.1. The molecule has 3 atom stereocenters. The van der Waals surface area contributed by atoms with Crippen LogP contribution in [0.3, 0.4) is 0 Å². The van der Waals surface area contributed by atoms with E-state index in [0.29, 0.717) is 13.2 Å². The number of carbonyl (C=O) groups is 1. The maximum absolute atomic E-state index is 13.1. The van der Waals surface area contributed by atoms with E-state index in [0.717, 1.165) is 36.0 Å². The van der Waals surface area contributed by atoms with Gasteiger partial charge in [0.2, 0.25) is 0 Å². The Balaban J connectivity index is 1.87. The third-order valence-electron chi connectivity index (χ3n) is 5.06. The molecule has 0 N–H and O–H groups in total. The van der Waals surface area contributed by atoms with E-state index < -0.39 is 0 Å². The number of amides is 1. The largest absolute Gasteiger partial charge is 0.381 e. The van der Waals surface area contributed by atoms with E-state index in [1.54, 1.807) is 7.11 Å². The highest BCUT2D eigenvalue weighted by atomic mass is 16.5. The minimum absolute atomic E-state index is 0.138. The van der Waals surface area contributed by atoms with E-state index in [1.807, 2.05) is 36.9 Å². The summed E-state index contributed by atoms with van der Waals surface area (Å²) in [5, 5.41) is 0. The van der Waals surface area contributed by atoms with Crippen LogP contribution in [0.15, 0.2) is 18.2 Å². The van der Waals surface area contributed by atoms with Crippen LogP contribution in [0.25, 0.3) is 0 Å². The molecule has 1 heterocycles. The van der Waals surface area contributed by atoms with Gasteiger partial charge in [-0.3, -0.25) is 4.79 Å². The summed E-state index contributed by atoms with van der Waals surface area (Å²) in [5.41, 5.74) is 2.95. The SMILES string of the molecule is CO[C@@H]1CC[C@@H]2OCCN(C(=O)c3c(C)cccc3C)[C@H]2C1. The number of carbonyl (C=O) groups excluding carboxylic acids is 1. The first-order valence-electron chi connectivity index (χ1n) is 8.13. The average Bonchev–Trinajstić information content (AvgIpc) is 2.53. The Hall–Kier alpha value is -1.39. The molecule has 1 saturated heterocycles. The van der Waals surface area contributed by atoms with Crippen molar-refractivity contribution in [2.45, 2.75) is 51.4 Å². The third-order valence-corrected chi connectivity index (χ3v) is 5.06. The van der Waals surface area contributed by atoms with Crippen molar-refractivity contribution in [1.82, 2.24) is 4.90 Å². The Labute approximate surface area is 132 Å². The highest BCUT2D eigenvalue weighted by molar-refractivity contribution is 5.97. The fourth-order valence-corrected chi connectivity index (χ4v) is 3.83. The van der Waals surface area contributed by atoms with Gasteiger partial charge in [0.1, 0.15) is 0 Å². The molecule has 1 aromatic rings. The van der Waals surface area contributed by atoms with Crippen LogP contribution >= 0.6 is 0 Å². The lowest BCUT2D eigenvalue weighted by molar-refractivity contribution is -0.101. The van der Waals surface area contributed by atoms with Gasteiger partial charge in [0.05, 0.1) is 24.9 Å². The molecule has 0 unspecified atom stereocenters. The molecular weight excluding hydrogens is 278 g/mol. The molecule has 2 aliphatic rings. The normalized spacial score (nSPS) is 28.3. The van der Waals surface area contributed by atoms with Gasteiger partial charge in [-0.25, -0.2) is 0 Å². The predicted molar refractivity (Wildman–Crippen MR) is 85.1 cm³/mol. The summed E-state index contributed by atoms with van der Waals surface area (Å²) < 4.78 is 11.4. The average molecular weight is 303 g/mol. The molecule has 1 aliphatic carbocycles. The number of hydrogen-bond acceptors (Lipinski definition) is 3. The number of morpholine rings is 1. The molecule has 1 aromatic carbocycles. The molecule has 4 heteroatoms. The van der Waals surface area contributed by atoms with Crippen molar-refractivity contribution in [2.75, 3.05) is 20.3 Å². The molecule has 0 radical (unpaired) electrons. The van der Waals surface area contributed by atoms with Gasteiger partial charge in [0, 0.05) is 19.2 Å². The van der Waals surface area contributed by atoms with Crippen LogP contribution in [0.5, 0.6) is 0 Å². The van der Waals surface area contributed by atoms with Gasteiger partial charge in [-0.05, 0) is 44.2 Å². The number of ether oxygens (including phenoxy) is 2. The van der Waals surface area contributed by atoms with Crippen LogP contribution in [0.1, 0.15) is 40.7 Å². The second-order valence-corrected chi connectivity index (χ2v) is 6.41. The zero-order valence-corrected chi connectivity index (χ0v) is 13.7. The van der Waals surface area contributed by atoms with Gasteiger partial charge in [-0.2, -0.15) is 0 Å². The first-order valence-corrected chi connectivity index (χ1v) is 8.13. The molecule has 120 valence electrons. The number of aryl methyl sites for hydroxylation is 2. The number of methoxy groups -OCH3 is 1. The molecular formula is C18H25NO3. The lowest BCUT2D eigenvalue weighted by atomic mass is 9.87. The zero-order chi connectivity index (χ0) is 15.7. The minimum atomic E-state index is 0.138. The second-order valence-electron chi connectivity index (χ2n) is 6.41. The van der Waals surface area contributed by atoms with E-state index in [1.165, 1.54) is 0 Å². The Morgan fingerprint density at radius 1 is 1.27 bits per heavy atom. The quantitative estimate of drug-likeness (QED) is 0.843. The van der Waals surface area contributed by atoms with E-state index in [-0.39, 0.29) is 24.2 Å². The van der Waals surface area contributed by atoms with Gasteiger partial charge < -0.3 is 14.4 Å². The Morgan fingerprint density at radius 3 is 2.68 bits per heavy atom. The van der Waals surface area contributed by atoms with Gasteiger partial charge in [0.25, 0.3) is 5.91 Å². The number of nitrogens with zero attached hydrogens (tertiary/aromatic N) is 1. The predicted octanol–water partition coefficient (Wildman–Crippen LogP) is 2.71. The van der Waals surface area contributed by atoms with Crippen molar-refractivity contribution in [2.24, 2.45) is 0 Å². The van der Waals surface area contributed by atoms with Crippen LogP contribution < -0.4 is 0 Å². The van der Waals surface area contributed by atoms with Crippen molar-refractivity contribution in [3.8, 4) is 0 Å². The summed E-state index contributed by atoms with van der Waals surface area (Å²) in [6.07, 6.45) is 3.25. The van der Waals surface area contributed by atoms with Crippen molar-refractivity contribution >= 4 is 5.91 Å². The first-order chi connectivity index (χ1) is 10.6. The minimum Gasteiger partial charge on any atom is -0.381 e. The Kier molecular flexibility index (Phi) is 4.50. The van der Waals surface area contributed by atoms with Crippen LogP contribution in [-0.2, 0) is 9.47 Å². The van der Waals surface area contributed by atoms with E-state index in [9.17, 15) is 4.79 Å². The molecule has 1 aliphatic heterocycles. The molecule has 0 bridgehead atoms. The highest BCUT2D eigenvalue weighted by Crippen LogP contribution is 2.31. The smallest absolute Gasteiger partial charge is 0.254 e. The maximum atomic E-state index is 13.1. The van der Waals surface area contributed by atoms with Crippen molar-refractivity contribution in [3.63, 3.8) is 0 Å². The van der Waals surface area contributed by atoms with Crippen molar-refractivity contribution in [1.29, 1.82) is 0 Å². The number of rotatable bonds is 2. The molecule has 2 fully saturated rings. The van der Waals surface area contributed by atoms with Crippen molar-refractivity contribution < 1.29 is 14.3 Å². The maximum Gasteiger partial charge on any atom is 0.254 e. The summed E-state index contributed by atoms with van der Waals surface area (Å²) in [5.74, 6) is 0.144. The Morgan fingerprint density at radius 2 is 2.00 bits per heavy atom. The van der Waals surface area contributed by atoms with Gasteiger partial charge in [-0.1, -0.05) is 18.2 Å². The molecule has 3 rings (SSSR count). The molecule has 22 heavy (non-hydrogen) atoms. The van der Waals surface area contributed by atoms with Crippen LogP contribution in [0.2, 0.25) is 0 Å². The first kappa shape index (κ1) is 15.5. The van der Waals surface area contributed by atoms with E-state index in [2.05, 4.69) is 0 Å². The summed E-state index contributed by atoms with van der Waals surface area (Å²) in [6.45, 7) is 5.33. The Bertz CT molecular complexity index is 537. The highest BCUT2D eigenvalue weighted by Gasteiger charge is 2.40. The standard InChI is InChI=1S/C18H25NO3/c1-12-5-4-6-13(2)17(12)18(20)19-9-10-22-16-8-7-14(21-3)11-15(16)19/h4-6,14-16H,7-11H2,1-3H3/t14-,15+,16+/m1/s1. The fraction of sp³-hybridized carbons (Fsp3) is 0.611.